The Morgan fingerprint density at radius 3 is 1.31 bits per heavy atom. The van der Waals surface area contributed by atoms with Gasteiger partial charge in [0, 0.05) is 0 Å². The van der Waals surface area contributed by atoms with Gasteiger partial charge in [0.1, 0.15) is 0 Å². The molecule has 1 unspecified atom stereocenters. The molecular formula is C24H38O4P+. The zero-order valence-corrected chi connectivity index (χ0v) is 18.8. The Balaban J connectivity index is 3.85. The summed E-state index contributed by atoms with van der Waals surface area (Å²) in [5.74, 6) is -0.548. The first-order valence-electron chi connectivity index (χ1n) is 10.4. The van der Waals surface area contributed by atoms with Crippen LogP contribution in [0.25, 0.3) is 0 Å². The number of carbonyl (C=O) groups excluding carboxylic acids is 1. The molecule has 162 valence electrons. The summed E-state index contributed by atoms with van der Waals surface area (Å²) in [4.78, 5) is 38.8. The van der Waals surface area contributed by atoms with Crippen LogP contribution < -0.4 is 0 Å². The SMILES string of the molecule is CCC=CCC=CCC=CCC=CCC=CCC=CCC(CC)C(=O)[P+](O)(O)O. The van der Waals surface area contributed by atoms with Crippen LogP contribution >= 0.6 is 7.94 Å². The van der Waals surface area contributed by atoms with E-state index in [0.29, 0.717) is 12.8 Å². The van der Waals surface area contributed by atoms with Gasteiger partial charge in [0.2, 0.25) is 0 Å². The molecule has 0 aliphatic carbocycles. The van der Waals surface area contributed by atoms with Gasteiger partial charge in [-0.2, -0.15) is 14.7 Å². The average molecular weight is 422 g/mol. The van der Waals surface area contributed by atoms with E-state index < -0.39 is 19.4 Å². The second kappa shape index (κ2) is 18.4. The van der Waals surface area contributed by atoms with E-state index in [0.717, 1.165) is 38.5 Å². The maximum Gasteiger partial charge on any atom is 0.478 e. The summed E-state index contributed by atoms with van der Waals surface area (Å²) in [7, 11) is -4.38. The van der Waals surface area contributed by atoms with Crippen molar-refractivity contribution in [2.24, 2.45) is 5.92 Å². The van der Waals surface area contributed by atoms with E-state index >= 15 is 0 Å². The van der Waals surface area contributed by atoms with Crippen LogP contribution in [0.2, 0.25) is 0 Å². The van der Waals surface area contributed by atoms with Crippen LogP contribution in [0.15, 0.2) is 72.9 Å². The lowest BCUT2D eigenvalue weighted by Crippen LogP contribution is -2.16. The normalized spacial score (nSPS) is 14.7. The molecule has 0 bridgehead atoms. The lowest BCUT2D eigenvalue weighted by Gasteiger charge is -2.09. The van der Waals surface area contributed by atoms with Gasteiger partial charge in [-0.15, -0.1) is 0 Å². The number of rotatable bonds is 16. The molecular weight excluding hydrogens is 383 g/mol. The summed E-state index contributed by atoms with van der Waals surface area (Å²) < 4.78 is 0. The molecule has 5 heteroatoms. The largest absolute Gasteiger partial charge is 0.478 e. The first-order valence-corrected chi connectivity index (χ1v) is 12.1. The van der Waals surface area contributed by atoms with E-state index in [-0.39, 0.29) is 0 Å². The Bertz CT molecular complexity index is 592. The van der Waals surface area contributed by atoms with Crippen molar-refractivity contribution in [1.29, 1.82) is 0 Å². The van der Waals surface area contributed by atoms with Crippen molar-refractivity contribution in [3.63, 3.8) is 0 Å². The van der Waals surface area contributed by atoms with E-state index in [4.69, 9.17) is 14.7 Å². The van der Waals surface area contributed by atoms with Crippen LogP contribution in [0.4, 0.5) is 0 Å². The first-order chi connectivity index (χ1) is 13.9. The first kappa shape index (κ1) is 27.4. The van der Waals surface area contributed by atoms with Gasteiger partial charge in [-0.1, -0.05) is 86.8 Å². The molecule has 0 aromatic carbocycles. The fraction of sp³-hybridized carbons (Fsp3) is 0.458. The Kier molecular flexibility index (Phi) is 17.4. The molecule has 0 heterocycles. The zero-order chi connectivity index (χ0) is 21.8. The fourth-order valence-electron chi connectivity index (χ4n) is 2.47. The smallest absolute Gasteiger partial charge is 0.243 e. The Morgan fingerprint density at radius 1 is 0.655 bits per heavy atom. The third kappa shape index (κ3) is 17.0. The maximum atomic E-state index is 11.6. The number of allylic oxidation sites excluding steroid dienone is 12. The molecule has 29 heavy (non-hydrogen) atoms. The van der Waals surface area contributed by atoms with Crippen LogP contribution in [-0.4, -0.2) is 20.2 Å². The predicted molar refractivity (Wildman–Crippen MR) is 125 cm³/mol. The second-order valence-electron chi connectivity index (χ2n) is 6.66. The van der Waals surface area contributed by atoms with Crippen molar-refractivity contribution in [3.05, 3.63) is 72.9 Å². The molecule has 0 saturated heterocycles. The molecule has 0 saturated carbocycles. The van der Waals surface area contributed by atoms with E-state index in [1.165, 1.54) is 0 Å². The average Bonchev–Trinajstić information content (AvgIpc) is 2.68. The van der Waals surface area contributed by atoms with Crippen LogP contribution in [-0.2, 0) is 4.79 Å². The highest BCUT2D eigenvalue weighted by molar-refractivity contribution is 7.76. The number of hydrogen-bond donors (Lipinski definition) is 3. The van der Waals surface area contributed by atoms with E-state index in [2.05, 4.69) is 67.7 Å². The minimum atomic E-state index is -4.38. The van der Waals surface area contributed by atoms with Gasteiger partial charge in [-0.25, -0.2) is 4.79 Å². The van der Waals surface area contributed by atoms with Crippen LogP contribution in [0.5, 0.6) is 0 Å². The van der Waals surface area contributed by atoms with Crippen molar-refractivity contribution in [2.45, 2.75) is 65.2 Å². The number of carbonyl (C=O) groups is 1. The molecule has 0 aromatic heterocycles. The molecule has 0 rings (SSSR count). The summed E-state index contributed by atoms with van der Waals surface area (Å²) in [5.41, 5.74) is -0.848. The lowest BCUT2D eigenvalue weighted by molar-refractivity contribution is -0.117. The Morgan fingerprint density at radius 2 is 1.00 bits per heavy atom. The minimum absolute atomic E-state index is 0.406. The van der Waals surface area contributed by atoms with Crippen molar-refractivity contribution in [1.82, 2.24) is 0 Å². The summed E-state index contributed by atoms with van der Waals surface area (Å²) in [6.45, 7) is 3.93. The van der Waals surface area contributed by atoms with Crippen molar-refractivity contribution in [3.8, 4) is 0 Å². The lowest BCUT2D eigenvalue weighted by atomic mass is 10.0. The quantitative estimate of drug-likeness (QED) is 0.200. The van der Waals surface area contributed by atoms with Crippen molar-refractivity contribution < 1.29 is 19.5 Å². The van der Waals surface area contributed by atoms with E-state index in [1.54, 1.807) is 6.92 Å². The minimum Gasteiger partial charge on any atom is -0.243 e. The molecule has 3 N–H and O–H groups in total. The van der Waals surface area contributed by atoms with Gasteiger partial charge in [0.15, 0.2) is 0 Å². The highest BCUT2D eigenvalue weighted by Gasteiger charge is 2.46. The monoisotopic (exact) mass is 421 g/mol. The third-order valence-corrected chi connectivity index (χ3v) is 5.11. The Labute approximate surface area is 177 Å². The molecule has 0 aliphatic rings. The second-order valence-corrected chi connectivity index (χ2v) is 8.24. The van der Waals surface area contributed by atoms with Gasteiger partial charge in [0.05, 0.1) is 5.92 Å². The highest BCUT2D eigenvalue weighted by atomic mass is 31.2. The molecule has 1 atom stereocenters. The van der Waals surface area contributed by atoms with E-state index in [9.17, 15) is 4.79 Å². The van der Waals surface area contributed by atoms with Gasteiger partial charge >= 0.3 is 13.5 Å². The molecule has 0 spiro atoms. The topological polar surface area (TPSA) is 77.8 Å². The standard InChI is InChI=1S/C24H38O4P/c1-3-5-6-7-8-9-10-11-12-13-14-15-16-17-18-19-20-21-22-23(4-2)24(25)29(26,27)28/h5-6,8-9,11-12,14-15,17-18,20-21,23,26-28H,3-4,7,10,13,16,19,22H2,1-2H3/q+1. The van der Waals surface area contributed by atoms with Crippen LogP contribution in [0, 0.1) is 5.92 Å². The molecule has 0 amide bonds. The summed E-state index contributed by atoms with van der Waals surface area (Å²) in [6.07, 6.45) is 31.8. The van der Waals surface area contributed by atoms with Gasteiger partial charge in [-0.05, 0) is 51.4 Å². The van der Waals surface area contributed by atoms with Crippen LogP contribution in [0.1, 0.15) is 65.2 Å². The van der Waals surface area contributed by atoms with E-state index in [1.807, 2.05) is 12.2 Å². The molecule has 0 fully saturated rings. The summed E-state index contributed by atoms with van der Waals surface area (Å²) in [5, 5.41) is 0. The molecule has 4 nitrogen and oxygen atoms in total. The summed E-state index contributed by atoms with van der Waals surface area (Å²) >= 11 is 0. The molecule has 0 aliphatic heterocycles. The molecule has 0 radical (unpaired) electrons. The van der Waals surface area contributed by atoms with Crippen molar-refractivity contribution >= 4 is 13.5 Å². The fourth-order valence-corrected chi connectivity index (χ4v) is 3.25. The highest BCUT2D eigenvalue weighted by Crippen LogP contribution is 2.49. The maximum absolute atomic E-state index is 11.6. The number of hydrogen-bond acceptors (Lipinski definition) is 4. The zero-order valence-electron chi connectivity index (χ0n) is 17.9. The summed E-state index contributed by atoms with van der Waals surface area (Å²) in [6, 6.07) is 0. The van der Waals surface area contributed by atoms with Crippen molar-refractivity contribution in [2.75, 3.05) is 0 Å². The Hall–Kier alpha value is -1.58. The van der Waals surface area contributed by atoms with Gasteiger partial charge in [0.25, 0.3) is 0 Å². The third-order valence-electron chi connectivity index (χ3n) is 4.15. The van der Waals surface area contributed by atoms with Gasteiger partial charge in [-0.3, -0.25) is 0 Å². The molecule has 0 aromatic rings. The van der Waals surface area contributed by atoms with Crippen LogP contribution in [0.3, 0.4) is 0 Å². The predicted octanol–water partition coefficient (Wildman–Crippen LogP) is 6.37. The van der Waals surface area contributed by atoms with Gasteiger partial charge < -0.3 is 0 Å².